The third-order valence-electron chi connectivity index (χ3n) is 4.13. The van der Waals surface area contributed by atoms with E-state index >= 15 is 0 Å². The van der Waals surface area contributed by atoms with Crippen LogP contribution in [0.2, 0.25) is 0 Å². The highest BCUT2D eigenvalue weighted by Gasteiger charge is 2.13. The Kier molecular flexibility index (Phi) is 5.74. The van der Waals surface area contributed by atoms with Gasteiger partial charge in [0.2, 0.25) is 0 Å². The predicted octanol–water partition coefficient (Wildman–Crippen LogP) is 3.31. The lowest BCUT2D eigenvalue weighted by atomic mass is 10.2. The van der Waals surface area contributed by atoms with E-state index in [1.54, 1.807) is 44.7 Å². The smallest absolute Gasteiger partial charge is 0.263 e. The second-order valence-electron chi connectivity index (χ2n) is 6.04. The summed E-state index contributed by atoms with van der Waals surface area (Å²) >= 11 is 0. The van der Waals surface area contributed by atoms with Gasteiger partial charge in [-0.3, -0.25) is 9.59 Å². The summed E-state index contributed by atoms with van der Waals surface area (Å²) in [5.41, 5.74) is 0.735. The van der Waals surface area contributed by atoms with Crippen molar-refractivity contribution in [2.24, 2.45) is 0 Å². The zero-order chi connectivity index (χ0) is 20.1. The van der Waals surface area contributed by atoms with E-state index in [2.05, 4.69) is 5.32 Å². The van der Waals surface area contributed by atoms with Crippen LogP contribution in [0.4, 0.5) is 10.1 Å². The molecule has 3 rings (SSSR count). The average molecular weight is 382 g/mol. The molecule has 7 heteroatoms. The molecule has 6 nitrogen and oxygen atoms in total. The van der Waals surface area contributed by atoms with Crippen molar-refractivity contribution in [3.05, 3.63) is 88.1 Å². The molecule has 0 bridgehead atoms. The van der Waals surface area contributed by atoms with Crippen molar-refractivity contribution in [2.75, 3.05) is 19.5 Å². The Morgan fingerprint density at radius 1 is 1.04 bits per heavy atom. The van der Waals surface area contributed by atoms with Gasteiger partial charge >= 0.3 is 0 Å². The Hall–Kier alpha value is -3.61. The van der Waals surface area contributed by atoms with Crippen LogP contribution in [-0.2, 0) is 6.54 Å². The van der Waals surface area contributed by atoms with Crippen LogP contribution in [-0.4, -0.2) is 24.7 Å². The van der Waals surface area contributed by atoms with Crippen molar-refractivity contribution < 1.29 is 18.7 Å². The molecule has 0 aliphatic carbocycles. The Balaban J connectivity index is 1.86. The molecule has 0 atom stereocenters. The molecular weight excluding hydrogens is 363 g/mol. The first-order valence-electron chi connectivity index (χ1n) is 8.48. The number of aromatic nitrogens is 1. The first-order valence-corrected chi connectivity index (χ1v) is 8.48. The Morgan fingerprint density at radius 3 is 2.29 bits per heavy atom. The maximum absolute atomic E-state index is 13.0. The minimum absolute atomic E-state index is 0.0123. The molecule has 0 fully saturated rings. The van der Waals surface area contributed by atoms with Crippen LogP contribution in [0.15, 0.2) is 65.6 Å². The molecule has 144 valence electrons. The van der Waals surface area contributed by atoms with Crippen LogP contribution in [0.1, 0.15) is 15.9 Å². The number of halogens is 1. The highest BCUT2D eigenvalue weighted by Crippen LogP contribution is 2.22. The van der Waals surface area contributed by atoms with E-state index in [1.807, 2.05) is 0 Å². The molecule has 0 saturated carbocycles. The molecule has 1 N–H and O–H groups in total. The van der Waals surface area contributed by atoms with Gasteiger partial charge < -0.3 is 19.4 Å². The highest BCUT2D eigenvalue weighted by molar-refractivity contribution is 6.03. The molecule has 0 aliphatic rings. The molecule has 28 heavy (non-hydrogen) atoms. The summed E-state index contributed by atoms with van der Waals surface area (Å²) < 4.78 is 24.9. The minimum Gasteiger partial charge on any atom is -0.497 e. The van der Waals surface area contributed by atoms with Gasteiger partial charge in [0.05, 0.1) is 20.8 Å². The lowest BCUT2D eigenvalue weighted by molar-refractivity contribution is 0.102. The predicted molar refractivity (Wildman–Crippen MR) is 104 cm³/mol. The molecule has 0 aliphatic heterocycles. The first kappa shape index (κ1) is 19.2. The quantitative estimate of drug-likeness (QED) is 0.710. The van der Waals surface area contributed by atoms with Crippen molar-refractivity contribution in [3.63, 3.8) is 0 Å². The van der Waals surface area contributed by atoms with Crippen LogP contribution in [0.3, 0.4) is 0 Å². The first-order chi connectivity index (χ1) is 13.5. The van der Waals surface area contributed by atoms with Crippen LogP contribution < -0.4 is 20.3 Å². The lowest BCUT2D eigenvalue weighted by Crippen LogP contribution is -2.29. The monoisotopic (exact) mass is 382 g/mol. The van der Waals surface area contributed by atoms with Gasteiger partial charge in [-0.05, 0) is 54.1 Å². The minimum atomic E-state index is -0.561. The number of methoxy groups -OCH3 is 2. The summed E-state index contributed by atoms with van der Waals surface area (Å²) in [4.78, 5) is 25.2. The average Bonchev–Trinajstić information content (AvgIpc) is 2.70. The SMILES string of the molecule is COc1cc(Cn2cccc(C(=O)Nc3ccc(F)cc3)c2=O)cc(OC)c1. The number of nitrogens with one attached hydrogen (secondary N) is 1. The zero-order valence-electron chi connectivity index (χ0n) is 15.4. The molecule has 2 aromatic carbocycles. The van der Waals surface area contributed by atoms with E-state index < -0.39 is 17.3 Å². The van der Waals surface area contributed by atoms with Crippen molar-refractivity contribution in [1.82, 2.24) is 4.57 Å². The number of rotatable bonds is 6. The van der Waals surface area contributed by atoms with Crippen molar-refractivity contribution in [2.45, 2.75) is 6.54 Å². The number of anilines is 1. The molecule has 0 unspecified atom stereocenters. The zero-order valence-corrected chi connectivity index (χ0v) is 15.4. The maximum Gasteiger partial charge on any atom is 0.263 e. The van der Waals surface area contributed by atoms with E-state index in [9.17, 15) is 14.0 Å². The van der Waals surface area contributed by atoms with Crippen molar-refractivity contribution in [1.29, 1.82) is 0 Å². The summed E-state index contributed by atoms with van der Waals surface area (Å²) in [7, 11) is 3.09. The van der Waals surface area contributed by atoms with Gasteiger partial charge in [0, 0.05) is 18.0 Å². The van der Waals surface area contributed by atoms with E-state index in [0.29, 0.717) is 17.2 Å². The van der Waals surface area contributed by atoms with Gasteiger partial charge in [0.15, 0.2) is 0 Å². The Labute approximate surface area is 161 Å². The van der Waals surface area contributed by atoms with E-state index in [0.717, 1.165) is 5.56 Å². The second kappa shape index (κ2) is 8.39. The summed E-state index contributed by atoms with van der Waals surface area (Å²) in [6.07, 6.45) is 1.60. The number of nitrogens with zero attached hydrogens (tertiary/aromatic N) is 1. The normalized spacial score (nSPS) is 10.4. The number of hydrogen-bond acceptors (Lipinski definition) is 4. The fourth-order valence-corrected chi connectivity index (χ4v) is 2.72. The van der Waals surface area contributed by atoms with E-state index in [4.69, 9.17) is 9.47 Å². The van der Waals surface area contributed by atoms with Gasteiger partial charge in [-0.1, -0.05) is 0 Å². The van der Waals surface area contributed by atoms with Crippen molar-refractivity contribution in [3.8, 4) is 11.5 Å². The molecule has 3 aromatic rings. The number of carbonyl (C=O) groups excluding carboxylic acids is 1. The van der Waals surface area contributed by atoms with Gasteiger partial charge in [-0.25, -0.2) is 4.39 Å². The topological polar surface area (TPSA) is 69.6 Å². The van der Waals surface area contributed by atoms with E-state index in [-0.39, 0.29) is 12.1 Å². The lowest BCUT2D eigenvalue weighted by Gasteiger charge is -2.11. The van der Waals surface area contributed by atoms with Crippen LogP contribution in [0, 0.1) is 5.82 Å². The number of amides is 1. The van der Waals surface area contributed by atoms with Crippen LogP contribution >= 0.6 is 0 Å². The third kappa shape index (κ3) is 4.37. The number of carbonyl (C=O) groups is 1. The third-order valence-corrected chi connectivity index (χ3v) is 4.13. The standard InChI is InChI=1S/C21H19FN2O4/c1-27-17-10-14(11-18(12-17)28-2)13-24-9-3-4-19(21(24)26)20(25)23-16-7-5-15(22)6-8-16/h3-12H,13H2,1-2H3,(H,23,25). The Morgan fingerprint density at radius 2 is 1.68 bits per heavy atom. The molecule has 0 spiro atoms. The van der Waals surface area contributed by atoms with Crippen LogP contribution in [0.25, 0.3) is 0 Å². The fraction of sp³-hybridized carbons (Fsp3) is 0.143. The Bertz CT molecular complexity index is 1020. The molecule has 1 aromatic heterocycles. The highest BCUT2D eigenvalue weighted by atomic mass is 19.1. The molecule has 1 heterocycles. The summed E-state index contributed by atoms with van der Waals surface area (Å²) in [6, 6.07) is 13.7. The molecular formula is C21H19FN2O4. The van der Waals surface area contributed by atoms with E-state index in [1.165, 1.54) is 34.9 Å². The molecule has 1 amide bonds. The van der Waals surface area contributed by atoms with Gasteiger partial charge in [0.25, 0.3) is 11.5 Å². The molecule has 0 saturated heterocycles. The number of hydrogen-bond donors (Lipinski definition) is 1. The number of ether oxygens (including phenoxy) is 2. The maximum atomic E-state index is 13.0. The number of pyridine rings is 1. The van der Waals surface area contributed by atoms with Crippen LogP contribution in [0.5, 0.6) is 11.5 Å². The van der Waals surface area contributed by atoms with Crippen molar-refractivity contribution >= 4 is 11.6 Å². The molecule has 0 radical (unpaired) electrons. The second-order valence-corrected chi connectivity index (χ2v) is 6.04. The number of benzene rings is 2. The van der Waals surface area contributed by atoms with Gasteiger partial charge in [-0.15, -0.1) is 0 Å². The summed E-state index contributed by atoms with van der Waals surface area (Å²) in [5.74, 6) is 0.239. The fourth-order valence-electron chi connectivity index (χ4n) is 2.72. The largest absolute Gasteiger partial charge is 0.497 e. The van der Waals surface area contributed by atoms with Gasteiger partial charge in [-0.2, -0.15) is 0 Å². The summed E-state index contributed by atoms with van der Waals surface area (Å²) in [6.45, 7) is 0.240. The summed E-state index contributed by atoms with van der Waals surface area (Å²) in [5, 5.41) is 2.59. The van der Waals surface area contributed by atoms with Gasteiger partial charge in [0.1, 0.15) is 22.9 Å².